The van der Waals surface area contributed by atoms with E-state index in [0.717, 1.165) is 19.1 Å². The summed E-state index contributed by atoms with van der Waals surface area (Å²) in [7, 11) is 0. The first-order valence-electron chi connectivity index (χ1n) is 6.61. The molecule has 0 bridgehead atoms. The second kappa shape index (κ2) is 5.03. The summed E-state index contributed by atoms with van der Waals surface area (Å²) in [6, 6.07) is 0.963. The molecule has 0 amide bonds. The normalized spacial score (nSPS) is 29.4. The molecule has 2 rings (SSSR count). The highest BCUT2D eigenvalue weighted by molar-refractivity contribution is 4.82. The van der Waals surface area contributed by atoms with Gasteiger partial charge >= 0.3 is 0 Å². The minimum atomic E-state index is -0.394. The second-order valence-corrected chi connectivity index (χ2v) is 5.72. The summed E-state index contributed by atoms with van der Waals surface area (Å²) in [5, 5.41) is 3.65. The molecule has 0 radical (unpaired) electrons. The molecular formula is C13H25NO2. The smallest absolute Gasteiger partial charge is 0.162 e. The van der Waals surface area contributed by atoms with Crippen molar-refractivity contribution < 1.29 is 9.47 Å². The van der Waals surface area contributed by atoms with Crippen molar-refractivity contribution in [1.82, 2.24) is 5.32 Å². The van der Waals surface area contributed by atoms with Crippen LogP contribution in [0.5, 0.6) is 0 Å². The molecule has 1 saturated heterocycles. The van der Waals surface area contributed by atoms with Crippen LogP contribution in [0.2, 0.25) is 0 Å². The Labute approximate surface area is 98.9 Å². The van der Waals surface area contributed by atoms with Gasteiger partial charge in [-0.05, 0) is 39.5 Å². The van der Waals surface area contributed by atoms with Crippen LogP contribution in [-0.2, 0) is 9.47 Å². The van der Waals surface area contributed by atoms with E-state index in [1.54, 1.807) is 0 Å². The lowest BCUT2D eigenvalue weighted by atomic mass is 9.99. The fourth-order valence-electron chi connectivity index (χ4n) is 2.75. The van der Waals surface area contributed by atoms with Gasteiger partial charge in [-0.25, -0.2) is 0 Å². The van der Waals surface area contributed by atoms with Gasteiger partial charge in [0.2, 0.25) is 0 Å². The van der Waals surface area contributed by atoms with Crippen LogP contribution in [0, 0.1) is 5.92 Å². The first-order valence-corrected chi connectivity index (χ1v) is 6.61. The van der Waals surface area contributed by atoms with Crippen molar-refractivity contribution in [3.05, 3.63) is 0 Å². The molecule has 0 aromatic carbocycles. The summed E-state index contributed by atoms with van der Waals surface area (Å²) < 4.78 is 11.3. The van der Waals surface area contributed by atoms with Crippen molar-refractivity contribution in [2.75, 3.05) is 13.2 Å². The van der Waals surface area contributed by atoms with E-state index in [4.69, 9.17) is 9.47 Å². The second-order valence-electron chi connectivity index (χ2n) is 5.72. The molecule has 0 aromatic heterocycles. The van der Waals surface area contributed by atoms with E-state index in [2.05, 4.69) is 12.2 Å². The molecule has 94 valence electrons. The predicted molar refractivity (Wildman–Crippen MR) is 64.3 cm³/mol. The Kier molecular flexibility index (Phi) is 3.88. The van der Waals surface area contributed by atoms with Gasteiger partial charge in [-0.1, -0.05) is 12.8 Å². The molecule has 1 unspecified atom stereocenters. The molecule has 16 heavy (non-hydrogen) atoms. The number of rotatable bonds is 3. The Morgan fingerprint density at radius 3 is 2.25 bits per heavy atom. The lowest BCUT2D eigenvalue weighted by Gasteiger charge is -2.37. The van der Waals surface area contributed by atoms with Crippen LogP contribution in [-0.4, -0.2) is 31.1 Å². The van der Waals surface area contributed by atoms with Crippen LogP contribution in [0.3, 0.4) is 0 Å². The predicted octanol–water partition coefficient (Wildman–Crippen LogP) is 2.31. The lowest BCUT2D eigenvalue weighted by molar-refractivity contribution is -0.253. The highest BCUT2D eigenvalue weighted by Crippen LogP contribution is 2.28. The van der Waals surface area contributed by atoms with Gasteiger partial charge in [0.15, 0.2) is 5.79 Å². The van der Waals surface area contributed by atoms with Crippen LogP contribution in [0.4, 0.5) is 0 Å². The van der Waals surface area contributed by atoms with Gasteiger partial charge < -0.3 is 14.8 Å². The maximum absolute atomic E-state index is 5.66. The molecule has 2 aliphatic rings. The van der Waals surface area contributed by atoms with E-state index in [1.165, 1.54) is 25.7 Å². The van der Waals surface area contributed by atoms with Gasteiger partial charge in [-0.2, -0.15) is 0 Å². The third-order valence-electron chi connectivity index (χ3n) is 3.87. The molecule has 0 aromatic rings. The minimum Gasteiger partial charge on any atom is -0.349 e. The molecule has 0 spiro atoms. The fourth-order valence-corrected chi connectivity index (χ4v) is 2.75. The van der Waals surface area contributed by atoms with Crippen LogP contribution in [0.15, 0.2) is 0 Å². The van der Waals surface area contributed by atoms with Crippen LogP contribution < -0.4 is 5.32 Å². The van der Waals surface area contributed by atoms with Gasteiger partial charge in [0.05, 0.1) is 19.3 Å². The Balaban J connectivity index is 1.73. The van der Waals surface area contributed by atoms with Crippen molar-refractivity contribution in [3.8, 4) is 0 Å². The van der Waals surface area contributed by atoms with Gasteiger partial charge in [-0.15, -0.1) is 0 Å². The Morgan fingerprint density at radius 1 is 1.12 bits per heavy atom. The van der Waals surface area contributed by atoms with Crippen molar-refractivity contribution >= 4 is 0 Å². The molecule has 1 N–H and O–H groups in total. The Bertz CT molecular complexity index is 214. The summed E-state index contributed by atoms with van der Waals surface area (Å²) in [6.07, 6.45) is 5.57. The topological polar surface area (TPSA) is 30.5 Å². The monoisotopic (exact) mass is 227 g/mol. The molecule has 3 nitrogen and oxygen atoms in total. The van der Waals surface area contributed by atoms with E-state index in [9.17, 15) is 0 Å². The van der Waals surface area contributed by atoms with Gasteiger partial charge in [0.25, 0.3) is 0 Å². The molecular weight excluding hydrogens is 202 g/mol. The molecule has 1 aliphatic heterocycles. The van der Waals surface area contributed by atoms with Crippen molar-refractivity contribution in [1.29, 1.82) is 0 Å². The third kappa shape index (κ3) is 3.19. The van der Waals surface area contributed by atoms with Crippen LogP contribution in [0.1, 0.15) is 46.5 Å². The molecule has 3 heteroatoms. The number of nitrogens with one attached hydrogen (secondary N) is 1. The maximum atomic E-state index is 5.66. The third-order valence-corrected chi connectivity index (χ3v) is 3.87. The number of ether oxygens (including phenoxy) is 2. The van der Waals surface area contributed by atoms with Gasteiger partial charge in [-0.3, -0.25) is 0 Å². The summed E-state index contributed by atoms with van der Waals surface area (Å²) >= 11 is 0. The zero-order chi connectivity index (χ0) is 11.6. The van der Waals surface area contributed by atoms with E-state index >= 15 is 0 Å². The number of hydrogen-bond acceptors (Lipinski definition) is 3. The van der Waals surface area contributed by atoms with Gasteiger partial charge in [0.1, 0.15) is 0 Å². The fraction of sp³-hybridized carbons (Fsp3) is 1.00. The summed E-state index contributed by atoms with van der Waals surface area (Å²) in [5.41, 5.74) is 0. The first kappa shape index (κ1) is 12.3. The maximum Gasteiger partial charge on any atom is 0.162 e. The van der Waals surface area contributed by atoms with E-state index in [1.807, 2.05) is 13.8 Å². The highest BCUT2D eigenvalue weighted by atomic mass is 16.7. The standard InChI is InChI=1S/C13H25NO2/c1-10(11-6-4-5-7-11)14-12-8-15-13(2,3)16-9-12/h10-12,14H,4-9H2,1-3H3. The SMILES string of the molecule is CC(NC1COC(C)(C)OC1)C1CCCC1. The quantitative estimate of drug-likeness (QED) is 0.802. The zero-order valence-electron chi connectivity index (χ0n) is 10.8. The molecule has 1 atom stereocenters. The Hall–Kier alpha value is -0.120. The summed E-state index contributed by atoms with van der Waals surface area (Å²) in [5.74, 6) is 0.462. The van der Waals surface area contributed by atoms with E-state index < -0.39 is 5.79 Å². The molecule has 1 saturated carbocycles. The van der Waals surface area contributed by atoms with Crippen molar-refractivity contribution in [2.24, 2.45) is 5.92 Å². The largest absolute Gasteiger partial charge is 0.349 e. The average Bonchev–Trinajstić information content (AvgIpc) is 2.74. The highest BCUT2D eigenvalue weighted by Gasteiger charge is 2.30. The van der Waals surface area contributed by atoms with Crippen molar-refractivity contribution in [3.63, 3.8) is 0 Å². The van der Waals surface area contributed by atoms with Crippen LogP contribution in [0.25, 0.3) is 0 Å². The lowest BCUT2D eigenvalue weighted by Crippen LogP contribution is -2.52. The number of hydrogen-bond donors (Lipinski definition) is 1. The van der Waals surface area contributed by atoms with Gasteiger partial charge in [0, 0.05) is 6.04 Å². The van der Waals surface area contributed by atoms with E-state index in [0.29, 0.717) is 12.1 Å². The van der Waals surface area contributed by atoms with E-state index in [-0.39, 0.29) is 0 Å². The first-order chi connectivity index (χ1) is 7.57. The van der Waals surface area contributed by atoms with Crippen LogP contribution >= 0.6 is 0 Å². The molecule has 2 fully saturated rings. The molecule has 1 heterocycles. The summed E-state index contributed by atoms with van der Waals surface area (Å²) in [4.78, 5) is 0. The minimum absolute atomic E-state index is 0.364. The summed E-state index contributed by atoms with van der Waals surface area (Å²) in [6.45, 7) is 7.79. The average molecular weight is 227 g/mol. The van der Waals surface area contributed by atoms with Crippen molar-refractivity contribution in [2.45, 2.75) is 64.3 Å². The zero-order valence-corrected chi connectivity index (χ0v) is 10.8. The molecule has 1 aliphatic carbocycles. The Morgan fingerprint density at radius 2 is 1.69 bits per heavy atom.